The molecule has 4 aliphatic carbocycles. The van der Waals surface area contributed by atoms with Gasteiger partial charge in [0.05, 0.1) is 11.7 Å². The van der Waals surface area contributed by atoms with Crippen LogP contribution in [0.4, 0.5) is 4.79 Å². The monoisotopic (exact) mass is 316 g/mol. The summed E-state index contributed by atoms with van der Waals surface area (Å²) in [7, 11) is 0. The van der Waals surface area contributed by atoms with E-state index in [0.29, 0.717) is 0 Å². The quantitative estimate of drug-likeness (QED) is 0.896. The van der Waals surface area contributed by atoms with Crippen molar-refractivity contribution in [1.82, 2.24) is 20.4 Å². The van der Waals surface area contributed by atoms with Crippen molar-refractivity contribution in [2.45, 2.75) is 70.5 Å². The Labute approximate surface area is 138 Å². The second-order valence-electron chi connectivity index (χ2n) is 8.09. The van der Waals surface area contributed by atoms with Crippen molar-refractivity contribution in [2.24, 2.45) is 17.8 Å². The van der Waals surface area contributed by atoms with Gasteiger partial charge in [-0.1, -0.05) is 0 Å². The lowest BCUT2D eigenvalue weighted by Crippen LogP contribution is -2.61. The number of nitrogens with zero attached hydrogens (tertiary/aromatic N) is 2. The third-order valence-corrected chi connectivity index (χ3v) is 6.26. The smallest absolute Gasteiger partial charge is 0.315 e. The van der Waals surface area contributed by atoms with Crippen LogP contribution in [-0.4, -0.2) is 21.4 Å². The molecule has 0 spiro atoms. The lowest BCUT2D eigenvalue weighted by Gasteiger charge is -2.56. The molecule has 5 rings (SSSR count). The van der Waals surface area contributed by atoms with Gasteiger partial charge in [-0.05, 0) is 76.2 Å². The fourth-order valence-electron chi connectivity index (χ4n) is 5.79. The van der Waals surface area contributed by atoms with E-state index in [9.17, 15) is 4.79 Å². The van der Waals surface area contributed by atoms with Gasteiger partial charge in [0.15, 0.2) is 0 Å². The van der Waals surface area contributed by atoms with E-state index in [1.165, 1.54) is 38.5 Å². The van der Waals surface area contributed by atoms with Gasteiger partial charge < -0.3 is 10.6 Å². The van der Waals surface area contributed by atoms with Crippen LogP contribution in [0.3, 0.4) is 0 Å². The van der Waals surface area contributed by atoms with Crippen LogP contribution >= 0.6 is 0 Å². The van der Waals surface area contributed by atoms with E-state index in [-0.39, 0.29) is 17.6 Å². The van der Waals surface area contributed by atoms with Gasteiger partial charge >= 0.3 is 6.03 Å². The summed E-state index contributed by atoms with van der Waals surface area (Å²) in [5.74, 6) is 2.54. The summed E-state index contributed by atoms with van der Waals surface area (Å²) in [6.07, 6.45) is 9.56. The summed E-state index contributed by atoms with van der Waals surface area (Å²) in [6, 6.07) is 1.95. The molecule has 4 fully saturated rings. The number of hydrogen-bond acceptors (Lipinski definition) is 2. The van der Waals surface area contributed by atoms with Gasteiger partial charge in [-0.2, -0.15) is 5.10 Å². The fraction of sp³-hybridized carbons (Fsp3) is 0.778. The average Bonchev–Trinajstić information content (AvgIpc) is 2.93. The van der Waals surface area contributed by atoms with Crippen molar-refractivity contribution in [3.05, 3.63) is 18.0 Å². The van der Waals surface area contributed by atoms with Crippen LogP contribution in [0.15, 0.2) is 12.3 Å². The molecule has 5 nitrogen and oxygen atoms in total. The molecule has 126 valence electrons. The average molecular weight is 316 g/mol. The third kappa shape index (κ3) is 2.74. The molecule has 1 atom stereocenters. The van der Waals surface area contributed by atoms with Gasteiger partial charge in [0, 0.05) is 18.3 Å². The largest absolute Gasteiger partial charge is 0.333 e. The lowest BCUT2D eigenvalue weighted by molar-refractivity contribution is -0.0136. The van der Waals surface area contributed by atoms with E-state index < -0.39 is 0 Å². The molecule has 4 aliphatic rings. The molecular formula is C18H28N4O. The molecule has 2 N–H and O–H groups in total. The van der Waals surface area contributed by atoms with Gasteiger partial charge in [0.2, 0.25) is 0 Å². The fourth-order valence-corrected chi connectivity index (χ4v) is 5.79. The number of amides is 2. The van der Waals surface area contributed by atoms with Crippen molar-refractivity contribution in [1.29, 1.82) is 0 Å². The number of hydrogen-bond donors (Lipinski definition) is 2. The topological polar surface area (TPSA) is 59.0 Å². The van der Waals surface area contributed by atoms with Crippen LogP contribution < -0.4 is 10.6 Å². The molecule has 0 saturated heterocycles. The normalized spacial score (nSPS) is 36.0. The summed E-state index contributed by atoms with van der Waals surface area (Å²) in [5, 5.41) is 10.8. The molecule has 0 radical (unpaired) electrons. The van der Waals surface area contributed by atoms with Crippen molar-refractivity contribution in [2.75, 3.05) is 0 Å². The minimum absolute atomic E-state index is 0.0108. The Morgan fingerprint density at radius 1 is 1.30 bits per heavy atom. The van der Waals surface area contributed by atoms with Crippen molar-refractivity contribution in [3.8, 4) is 0 Å². The Morgan fingerprint density at radius 3 is 2.48 bits per heavy atom. The standard InChI is InChI=1S/C18H28N4O/c1-3-22-16(4-5-19-22)12(2)20-17(23)21-18-9-13-6-14(10-18)8-15(7-13)11-18/h4-5,12-15H,3,6-11H2,1-2H3,(H2,20,21,23). The van der Waals surface area contributed by atoms with Crippen LogP contribution in [0.5, 0.6) is 0 Å². The summed E-state index contributed by atoms with van der Waals surface area (Å²) in [6.45, 7) is 4.92. The van der Waals surface area contributed by atoms with E-state index in [1.807, 2.05) is 17.7 Å². The van der Waals surface area contributed by atoms with Crippen molar-refractivity contribution < 1.29 is 4.79 Å². The molecule has 1 aromatic rings. The Bertz CT molecular complexity index is 558. The maximum atomic E-state index is 12.6. The Hall–Kier alpha value is -1.52. The number of carbonyl (C=O) groups is 1. The zero-order valence-electron chi connectivity index (χ0n) is 14.2. The minimum atomic E-state index is -0.0219. The highest BCUT2D eigenvalue weighted by atomic mass is 16.2. The van der Waals surface area contributed by atoms with Crippen molar-refractivity contribution in [3.63, 3.8) is 0 Å². The van der Waals surface area contributed by atoms with Crippen LogP contribution in [0, 0.1) is 17.8 Å². The number of rotatable bonds is 4. The van der Waals surface area contributed by atoms with E-state index in [2.05, 4.69) is 22.7 Å². The van der Waals surface area contributed by atoms with Crippen LogP contribution in [-0.2, 0) is 6.54 Å². The summed E-state index contributed by atoms with van der Waals surface area (Å²) < 4.78 is 1.94. The Kier molecular flexibility index (Phi) is 3.62. The minimum Gasteiger partial charge on any atom is -0.333 e. The Balaban J connectivity index is 1.40. The number of urea groups is 1. The molecule has 2 amide bonds. The van der Waals surface area contributed by atoms with E-state index >= 15 is 0 Å². The molecule has 4 saturated carbocycles. The number of aromatic nitrogens is 2. The number of aryl methyl sites for hydroxylation is 1. The first-order valence-electron chi connectivity index (χ1n) is 9.17. The molecular weight excluding hydrogens is 288 g/mol. The first-order chi connectivity index (χ1) is 11.1. The van der Waals surface area contributed by atoms with Gasteiger partial charge in [-0.15, -0.1) is 0 Å². The summed E-state index contributed by atoms with van der Waals surface area (Å²) >= 11 is 0. The maximum absolute atomic E-state index is 12.6. The van der Waals surface area contributed by atoms with Gasteiger partial charge in [0.1, 0.15) is 0 Å². The molecule has 0 aliphatic heterocycles. The SMILES string of the molecule is CCn1nccc1C(C)NC(=O)NC12CC3CC(CC(C3)C1)C2. The third-order valence-electron chi connectivity index (χ3n) is 6.26. The molecule has 1 aromatic heterocycles. The molecule has 23 heavy (non-hydrogen) atoms. The number of nitrogens with one attached hydrogen (secondary N) is 2. The number of carbonyl (C=O) groups excluding carboxylic acids is 1. The highest BCUT2D eigenvalue weighted by molar-refractivity contribution is 5.75. The second kappa shape index (κ2) is 5.53. The first-order valence-corrected chi connectivity index (χ1v) is 9.17. The first kappa shape index (κ1) is 15.0. The highest BCUT2D eigenvalue weighted by Crippen LogP contribution is 2.55. The molecule has 5 heteroatoms. The molecule has 1 heterocycles. The van der Waals surface area contributed by atoms with Crippen LogP contribution in [0.2, 0.25) is 0 Å². The van der Waals surface area contributed by atoms with E-state index in [0.717, 1.165) is 30.0 Å². The van der Waals surface area contributed by atoms with Gasteiger partial charge in [-0.3, -0.25) is 4.68 Å². The highest BCUT2D eigenvalue weighted by Gasteiger charge is 2.51. The molecule has 4 bridgehead atoms. The van der Waals surface area contributed by atoms with E-state index in [1.54, 1.807) is 6.20 Å². The van der Waals surface area contributed by atoms with Crippen LogP contribution in [0.25, 0.3) is 0 Å². The van der Waals surface area contributed by atoms with Gasteiger partial charge in [-0.25, -0.2) is 4.79 Å². The Morgan fingerprint density at radius 2 is 1.91 bits per heavy atom. The zero-order valence-corrected chi connectivity index (χ0v) is 14.2. The summed E-state index contributed by atoms with van der Waals surface area (Å²) in [4.78, 5) is 12.6. The zero-order chi connectivity index (χ0) is 16.0. The predicted octanol–water partition coefficient (Wildman–Crippen LogP) is 3.23. The molecule has 0 aromatic carbocycles. The van der Waals surface area contributed by atoms with Gasteiger partial charge in [0.25, 0.3) is 0 Å². The second-order valence-corrected chi connectivity index (χ2v) is 8.09. The van der Waals surface area contributed by atoms with Crippen LogP contribution in [0.1, 0.15) is 64.1 Å². The maximum Gasteiger partial charge on any atom is 0.315 e. The summed E-state index contributed by atoms with van der Waals surface area (Å²) in [5.41, 5.74) is 1.14. The predicted molar refractivity (Wildman–Crippen MR) is 88.9 cm³/mol. The van der Waals surface area contributed by atoms with E-state index in [4.69, 9.17) is 0 Å². The van der Waals surface area contributed by atoms with Crippen molar-refractivity contribution >= 4 is 6.03 Å². The lowest BCUT2D eigenvalue weighted by atomic mass is 9.53. The molecule has 1 unspecified atom stereocenters.